The molecule has 0 heterocycles. The van der Waals surface area contributed by atoms with Gasteiger partial charge in [-0.05, 0) is 22.9 Å². The maximum Gasteiger partial charge on any atom is 0.348 e. The summed E-state index contributed by atoms with van der Waals surface area (Å²) in [6, 6.07) is 0. The molecule has 67 valence electrons. The lowest BCUT2D eigenvalue weighted by Gasteiger charge is -2.23. The van der Waals surface area contributed by atoms with Crippen molar-refractivity contribution in [1.29, 1.82) is 0 Å². The van der Waals surface area contributed by atoms with E-state index in [0.717, 1.165) is 0 Å². The molecule has 2 atom stereocenters. The van der Waals surface area contributed by atoms with Crippen LogP contribution in [-0.4, -0.2) is 14.8 Å². The fraction of sp³-hybridized carbons (Fsp3) is 0.800. The fourth-order valence-corrected chi connectivity index (χ4v) is 1.37. The predicted molar refractivity (Wildman–Crippen MR) is 46.3 cm³/mol. The van der Waals surface area contributed by atoms with Gasteiger partial charge in [-0.1, -0.05) is 27.5 Å². The Kier molecular flexibility index (Phi) is 4.19. The topological polar surface area (TPSA) is 0 Å². The number of hydrogen-bond acceptors (Lipinski definition) is 0. The monoisotopic (exact) mass is 315 g/mol. The first kappa shape index (κ1) is 12.0. The SMILES string of the molecule is [CH2]C(Br)CC(F)(Cl)C(F)(F)Br. The minimum Gasteiger partial charge on any atom is -0.218 e. The van der Waals surface area contributed by atoms with E-state index in [1.54, 1.807) is 0 Å². The van der Waals surface area contributed by atoms with Crippen molar-refractivity contribution >= 4 is 43.5 Å². The molecule has 0 bridgehead atoms. The molecular weight excluding hydrogens is 312 g/mol. The summed E-state index contributed by atoms with van der Waals surface area (Å²) in [5.74, 6) is 0. The van der Waals surface area contributed by atoms with Crippen LogP contribution in [0.2, 0.25) is 0 Å². The lowest BCUT2D eigenvalue weighted by Crippen LogP contribution is -2.35. The highest BCUT2D eigenvalue weighted by atomic mass is 79.9. The van der Waals surface area contributed by atoms with Crippen molar-refractivity contribution in [1.82, 2.24) is 0 Å². The maximum absolute atomic E-state index is 12.7. The van der Waals surface area contributed by atoms with Gasteiger partial charge in [-0.3, -0.25) is 0 Å². The van der Waals surface area contributed by atoms with Gasteiger partial charge in [0.1, 0.15) is 0 Å². The van der Waals surface area contributed by atoms with E-state index in [2.05, 4.69) is 22.9 Å². The highest BCUT2D eigenvalue weighted by molar-refractivity contribution is 9.10. The summed E-state index contributed by atoms with van der Waals surface area (Å²) in [6.45, 7) is 3.28. The third-order valence-corrected chi connectivity index (χ3v) is 2.46. The largest absolute Gasteiger partial charge is 0.348 e. The first-order valence-electron chi connectivity index (χ1n) is 2.58. The lowest BCUT2D eigenvalue weighted by molar-refractivity contribution is -0.00807. The Morgan fingerprint density at radius 1 is 1.45 bits per heavy atom. The van der Waals surface area contributed by atoms with Crippen molar-refractivity contribution in [2.45, 2.75) is 21.2 Å². The molecule has 0 amide bonds. The summed E-state index contributed by atoms with van der Waals surface area (Å²) in [5, 5.41) is -3.09. The van der Waals surface area contributed by atoms with Crippen LogP contribution in [0.1, 0.15) is 6.42 Å². The second kappa shape index (κ2) is 3.83. The molecule has 0 N–H and O–H groups in total. The first-order chi connectivity index (χ1) is 4.67. The van der Waals surface area contributed by atoms with E-state index in [1.165, 1.54) is 0 Å². The van der Waals surface area contributed by atoms with Crippen LogP contribution in [0.25, 0.3) is 0 Å². The van der Waals surface area contributed by atoms with Crippen molar-refractivity contribution in [2.75, 3.05) is 0 Å². The molecule has 0 rings (SSSR count). The van der Waals surface area contributed by atoms with Crippen LogP contribution in [0.4, 0.5) is 13.2 Å². The summed E-state index contributed by atoms with van der Waals surface area (Å²) in [5.41, 5.74) is 0. The Hall–Kier alpha value is 1.04. The molecular formula is C5H5Br2ClF3. The molecule has 0 saturated heterocycles. The minimum absolute atomic E-state index is 0.577. The van der Waals surface area contributed by atoms with E-state index in [0.29, 0.717) is 0 Å². The van der Waals surface area contributed by atoms with Gasteiger partial charge in [0.2, 0.25) is 0 Å². The van der Waals surface area contributed by atoms with Gasteiger partial charge in [0.05, 0.1) is 0 Å². The number of rotatable bonds is 3. The molecule has 0 fully saturated rings. The highest BCUT2D eigenvalue weighted by Gasteiger charge is 2.51. The average Bonchev–Trinajstić information content (AvgIpc) is 1.56. The molecule has 11 heavy (non-hydrogen) atoms. The molecule has 0 aliphatic heterocycles. The minimum atomic E-state index is -3.73. The van der Waals surface area contributed by atoms with Gasteiger partial charge in [-0.15, -0.1) is 0 Å². The van der Waals surface area contributed by atoms with Gasteiger partial charge >= 0.3 is 4.83 Å². The molecule has 0 aromatic heterocycles. The zero-order valence-electron chi connectivity index (χ0n) is 5.26. The molecule has 0 nitrogen and oxygen atoms in total. The van der Waals surface area contributed by atoms with E-state index >= 15 is 0 Å². The molecule has 0 spiro atoms. The third-order valence-electron chi connectivity index (χ3n) is 0.893. The zero-order valence-corrected chi connectivity index (χ0v) is 9.19. The van der Waals surface area contributed by atoms with Crippen LogP contribution in [0.15, 0.2) is 0 Å². The summed E-state index contributed by atoms with van der Waals surface area (Å²) in [6.07, 6.45) is -0.577. The zero-order chi connectivity index (χ0) is 9.28. The Balaban J connectivity index is 4.22. The van der Waals surface area contributed by atoms with Crippen LogP contribution >= 0.6 is 43.5 Å². The quantitative estimate of drug-likeness (QED) is 0.693. The lowest BCUT2D eigenvalue weighted by atomic mass is 10.2. The van der Waals surface area contributed by atoms with E-state index in [4.69, 9.17) is 11.6 Å². The van der Waals surface area contributed by atoms with Crippen LogP contribution in [-0.2, 0) is 0 Å². The normalized spacial score (nSPS) is 21.0. The Bertz CT molecular complexity index is 132. The first-order valence-corrected chi connectivity index (χ1v) is 4.67. The summed E-state index contributed by atoms with van der Waals surface area (Å²) >= 11 is 9.53. The van der Waals surface area contributed by atoms with Crippen LogP contribution in [0, 0.1) is 6.92 Å². The third kappa shape index (κ3) is 3.99. The van der Waals surface area contributed by atoms with Crippen LogP contribution in [0.3, 0.4) is 0 Å². The van der Waals surface area contributed by atoms with Gasteiger partial charge in [0.15, 0.2) is 0 Å². The van der Waals surface area contributed by atoms with E-state index in [-0.39, 0.29) is 0 Å². The standard InChI is InChI=1S/C5H5Br2ClF3/c1-3(6)2-4(8,9)5(7,10)11/h3H,1-2H2. The maximum atomic E-state index is 12.7. The van der Waals surface area contributed by atoms with Gasteiger partial charge < -0.3 is 0 Å². The number of halogens is 6. The van der Waals surface area contributed by atoms with E-state index in [9.17, 15) is 13.2 Å². The van der Waals surface area contributed by atoms with Crippen molar-refractivity contribution in [3.63, 3.8) is 0 Å². The average molecular weight is 317 g/mol. The number of alkyl halides is 6. The molecule has 0 aromatic rings. The Morgan fingerprint density at radius 2 is 1.82 bits per heavy atom. The smallest absolute Gasteiger partial charge is 0.218 e. The Labute approximate surface area is 84.7 Å². The summed E-state index contributed by atoms with van der Waals surface area (Å²) in [4.78, 5) is -4.38. The molecule has 1 radical (unpaired) electrons. The van der Waals surface area contributed by atoms with Gasteiger partial charge in [-0.2, -0.15) is 8.78 Å². The second-order valence-corrected chi connectivity index (χ2v) is 4.89. The molecule has 0 aromatic carbocycles. The van der Waals surface area contributed by atoms with Crippen LogP contribution < -0.4 is 0 Å². The van der Waals surface area contributed by atoms with Gasteiger partial charge in [0, 0.05) is 11.2 Å². The van der Waals surface area contributed by atoms with Crippen LogP contribution in [0.5, 0.6) is 0 Å². The van der Waals surface area contributed by atoms with E-state index < -0.39 is 21.2 Å². The van der Waals surface area contributed by atoms with Gasteiger partial charge in [-0.25, -0.2) is 4.39 Å². The van der Waals surface area contributed by atoms with Crippen molar-refractivity contribution in [2.24, 2.45) is 0 Å². The highest BCUT2D eigenvalue weighted by Crippen LogP contribution is 2.44. The van der Waals surface area contributed by atoms with Crippen molar-refractivity contribution < 1.29 is 13.2 Å². The molecule has 0 aliphatic rings. The van der Waals surface area contributed by atoms with Crippen molar-refractivity contribution in [3.05, 3.63) is 6.92 Å². The second-order valence-electron chi connectivity index (χ2n) is 2.00. The fourth-order valence-electron chi connectivity index (χ4n) is 0.394. The molecule has 6 heteroatoms. The summed E-state index contributed by atoms with van der Waals surface area (Å²) < 4.78 is 37.2. The van der Waals surface area contributed by atoms with E-state index in [1.807, 2.05) is 15.9 Å². The van der Waals surface area contributed by atoms with Crippen molar-refractivity contribution in [3.8, 4) is 0 Å². The Morgan fingerprint density at radius 3 is 1.91 bits per heavy atom. The molecule has 2 unspecified atom stereocenters. The predicted octanol–water partition coefficient (Wildman–Crippen LogP) is 3.87. The number of hydrogen-bond donors (Lipinski definition) is 0. The molecule has 0 aliphatic carbocycles. The summed E-state index contributed by atoms with van der Waals surface area (Å²) in [7, 11) is 0. The van der Waals surface area contributed by atoms with Gasteiger partial charge in [0.25, 0.3) is 5.13 Å². The molecule has 0 saturated carbocycles.